The molecule has 1 saturated heterocycles. The van der Waals surface area contributed by atoms with Crippen molar-refractivity contribution in [3.63, 3.8) is 0 Å². The Bertz CT molecular complexity index is 575. The highest BCUT2D eigenvalue weighted by atomic mass is 19.1. The number of hydrogen-bond acceptors (Lipinski definition) is 3. The summed E-state index contributed by atoms with van der Waals surface area (Å²) < 4.78 is 20.6. The summed E-state index contributed by atoms with van der Waals surface area (Å²) >= 11 is 0. The molecule has 1 unspecified atom stereocenters. The van der Waals surface area contributed by atoms with Crippen molar-refractivity contribution in [3.8, 4) is 0 Å². The van der Waals surface area contributed by atoms with E-state index in [-0.39, 0.29) is 6.23 Å². The number of fused-ring (bicyclic) bond motifs is 1. The quantitative estimate of drug-likeness (QED) is 0.926. The van der Waals surface area contributed by atoms with Gasteiger partial charge in [0.1, 0.15) is 6.67 Å². The van der Waals surface area contributed by atoms with Gasteiger partial charge < -0.3 is 10.5 Å². The number of rotatable bonds is 3. The molecule has 1 atom stereocenters. The van der Waals surface area contributed by atoms with E-state index in [1.165, 1.54) is 0 Å². The summed E-state index contributed by atoms with van der Waals surface area (Å²) in [6, 6.07) is 3.66. The van der Waals surface area contributed by atoms with Crippen LogP contribution < -0.4 is 5.73 Å². The molecule has 0 amide bonds. The maximum atomic E-state index is 12.9. The second kappa shape index (κ2) is 5.27. The van der Waals surface area contributed by atoms with Crippen LogP contribution in [0.15, 0.2) is 18.3 Å². The van der Waals surface area contributed by atoms with Gasteiger partial charge in [-0.1, -0.05) is 6.07 Å². The number of benzene rings is 1. The Morgan fingerprint density at radius 1 is 1.42 bits per heavy atom. The first-order valence-corrected chi connectivity index (χ1v) is 6.70. The second-order valence-electron chi connectivity index (χ2n) is 4.94. The number of halogens is 1. The van der Waals surface area contributed by atoms with Crippen molar-refractivity contribution in [1.82, 2.24) is 9.78 Å². The fourth-order valence-electron chi connectivity index (χ4n) is 2.67. The lowest BCUT2D eigenvalue weighted by Gasteiger charge is -2.23. The third-order valence-electron chi connectivity index (χ3n) is 3.66. The average molecular weight is 263 g/mol. The van der Waals surface area contributed by atoms with Crippen molar-refractivity contribution in [2.45, 2.75) is 38.7 Å². The molecule has 0 bridgehead atoms. The minimum Gasteiger partial charge on any atom is -0.356 e. The van der Waals surface area contributed by atoms with Gasteiger partial charge in [0.15, 0.2) is 6.23 Å². The van der Waals surface area contributed by atoms with Crippen LogP contribution >= 0.6 is 0 Å². The Balaban J connectivity index is 2.09. The van der Waals surface area contributed by atoms with Crippen LogP contribution in [0, 0.1) is 0 Å². The standard InChI is InChI=1S/C14H18FN3O/c15-7-10-5-11(8-16)12-9-17-18(13(12)6-10)14-3-1-2-4-19-14/h5-6,9,14H,1-4,7-8,16H2. The van der Waals surface area contributed by atoms with Crippen LogP contribution in [0.3, 0.4) is 0 Å². The molecule has 2 N–H and O–H groups in total. The lowest BCUT2D eigenvalue weighted by Crippen LogP contribution is -2.19. The normalized spacial score (nSPS) is 20.0. The summed E-state index contributed by atoms with van der Waals surface area (Å²) in [5.41, 5.74) is 8.24. The number of hydrogen-bond donors (Lipinski definition) is 1. The van der Waals surface area contributed by atoms with Crippen LogP contribution in [0.2, 0.25) is 0 Å². The molecule has 102 valence electrons. The van der Waals surface area contributed by atoms with Crippen LogP contribution in [-0.2, 0) is 18.0 Å². The van der Waals surface area contributed by atoms with Crippen molar-refractivity contribution < 1.29 is 9.13 Å². The number of nitrogens with two attached hydrogens (primary N) is 1. The Labute approximate surface area is 111 Å². The fraction of sp³-hybridized carbons (Fsp3) is 0.500. The van der Waals surface area contributed by atoms with Crippen LogP contribution in [0.5, 0.6) is 0 Å². The van der Waals surface area contributed by atoms with Crippen LogP contribution in [0.4, 0.5) is 4.39 Å². The predicted octanol–water partition coefficient (Wildman–Crippen LogP) is 2.66. The molecule has 1 aliphatic rings. The molecule has 0 radical (unpaired) electrons. The molecule has 2 aromatic rings. The predicted molar refractivity (Wildman–Crippen MR) is 71.3 cm³/mol. The Hall–Kier alpha value is -1.46. The van der Waals surface area contributed by atoms with Gasteiger partial charge in [0.2, 0.25) is 0 Å². The van der Waals surface area contributed by atoms with Crippen LogP contribution in [0.1, 0.15) is 36.6 Å². The zero-order valence-electron chi connectivity index (χ0n) is 10.8. The zero-order valence-corrected chi connectivity index (χ0v) is 10.8. The zero-order chi connectivity index (χ0) is 13.2. The summed E-state index contributed by atoms with van der Waals surface area (Å²) in [6.45, 7) is 0.666. The van der Waals surface area contributed by atoms with Crippen LogP contribution in [0.25, 0.3) is 10.9 Å². The molecule has 5 heteroatoms. The minimum atomic E-state index is -0.486. The van der Waals surface area contributed by atoms with Gasteiger partial charge in [0, 0.05) is 18.5 Å². The number of alkyl halides is 1. The van der Waals surface area contributed by atoms with E-state index < -0.39 is 6.67 Å². The highest BCUT2D eigenvalue weighted by molar-refractivity contribution is 5.83. The van der Waals surface area contributed by atoms with E-state index in [0.717, 1.165) is 42.3 Å². The van der Waals surface area contributed by atoms with Gasteiger partial charge >= 0.3 is 0 Å². The molecule has 0 aliphatic carbocycles. The summed E-state index contributed by atoms with van der Waals surface area (Å²) in [4.78, 5) is 0. The van der Waals surface area contributed by atoms with Crippen molar-refractivity contribution in [2.24, 2.45) is 5.73 Å². The Morgan fingerprint density at radius 3 is 3.00 bits per heavy atom. The molecule has 2 heterocycles. The first-order valence-electron chi connectivity index (χ1n) is 6.70. The summed E-state index contributed by atoms with van der Waals surface area (Å²) in [5.74, 6) is 0. The molecular weight excluding hydrogens is 245 g/mol. The van der Waals surface area contributed by atoms with Gasteiger partial charge in [-0.25, -0.2) is 9.07 Å². The second-order valence-corrected chi connectivity index (χ2v) is 4.94. The average Bonchev–Trinajstić information content (AvgIpc) is 2.90. The Morgan fingerprint density at radius 2 is 2.32 bits per heavy atom. The topological polar surface area (TPSA) is 53.1 Å². The van der Waals surface area contributed by atoms with Crippen molar-refractivity contribution in [3.05, 3.63) is 29.5 Å². The lowest BCUT2D eigenvalue weighted by molar-refractivity contribution is -0.0366. The Kier molecular flexibility index (Phi) is 3.48. The molecule has 3 rings (SSSR count). The molecule has 4 nitrogen and oxygen atoms in total. The molecule has 0 saturated carbocycles. The van der Waals surface area contributed by atoms with Gasteiger partial charge in [-0.05, 0) is 36.5 Å². The SMILES string of the molecule is NCc1cc(CF)cc2c1cnn2C1CCCCO1. The van der Waals surface area contributed by atoms with Crippen molar-refractivity contribution in [1.29, 1.82) is 0 Å². The molecule has 1 aromatic heterocycles. The molecule has 0 spiro atoms. The smallest absolute Gasteiger partial charge is 0.150 e. The van der Waals surface area contributed by atoms with E-state index in [2.05, 4.69) is 5.10 Å². The molecule has 1 aliphatic heterocycles. The number of nitrogens with zero attached hydrogens (tertiary/aromatic N) is 2. The van der Waals surface area contributed by atoms with E-state index >= 15 is 0 Å². The largest absolute Gasteiger partial charge is 0.356 e. The molecule has 19 heavy (non-hydrogen) atoms. The van der Waals surface area contributed by atoms with E-state index in [0.29, 0.717) is 12.1 Å². The van der Waals surface area contributed by atoms with Gasteiger partial charge in [-0.15, -0.1) is 0 Å². The molecule has 1 fully saturated rings. The van der Waals surface area contributed by atoms with Gasteiger partial charge in [-0.2, -0.15) is 5.10 Å². The van der Waals surface area contributed by atoms with Gasteiger partial charge in [-0.3, -0.25) is 0 Å². The molecular formula is C14H18FN3O. The van der Waals surface area contributed by atoms with E-state index in [9.17, 15) is 4.39 Å². The van der Waals surface area contributed by atoms with Gasteiger partial charge in [0.25, 0.3) is 0 Å². The maximum absolute atomic E-state index is 12.9. The van der Waals surface area contributed by atoms with E-state index in [1.807, 2.05) is 16.8 Å². The first kappa shape index (κ1) is 12.6. The third kappa shape index (κ3) is 2.24. The van der Waals surface area contributed by atoms with Crippen molar-refractivity contribution in [2.75, 3.05) is 6.61 Å². The minimum absolute atomic E-state index is 0.0354. The van der Waals surface area contributed by atoms with E-state index in [4.69, 9.17) is 10.5 Å². The van der Waals surface area contributed by atoms with Gasteiger partial charge in [0.05, 0.1) is 11.7 Å². The summed E-state index contributed by atoms with van der Waals surface area (Å²) in [7, 11) is 0. The monoisotopic (exact) mass is 263 g/mol. The summed E-state index contributed by atoms with van der Waals surface area (Å²) in [5, 5.41) is 5.41. The van der Waals surface area contributed by atoms with E-state index in [1.54, 1.807) is 6.20 Å². The maximum Gasteiger partial charge on any atom is 0.150 e. The molecule has 1 aromatic carbocycles. The van der Waals surface area contributed by atoms with Crippen molar-refractivity contribution >= 4 is 10.9 Å². The highest BCUT2D eigenvalue weighted by Gasteiger charge is 2.19. The lowest BCUT2D eigenvalue weighted by atomic mass is 10.1. The fourth-order valence-corrected chi connectivity index (χ4v) is 2.67. The highest BCUT2D eigenvalue weighted by Crippen LogP contribution is 2.28. The number of aromatic nitrogens is 2. The third-order valence-corrected chi connectivity index (χ3v) is 3.66. The first-order chi connectivity index (χ1) is 9.33. The van der Waals surface area contributed by atoms with Crippen LogP contribution in [-0.4, -0.2) is 16.4 Å². The summed E-state index contributed by atoms with van der Waals surface area (Å²) in [6.07, 6.45) is 4.95. The number of ether oxygens (including phenoxy) is 1.